The number of unbranched alkanes of at least 4 members (excludes halogenated alkanes) is 2. The Hall–Kier alpha value is -4.05. The lowest BCUT2D eigenvalue weighted by atomic mass is 9.90. The van der Waals surface area contributed by atoms with Crippen molar-refractivity contribution in [2.24, 2.45) is 17.0 Å². The molecule has 11 heteroatoms. The third-order valence-corrected chi connectivity index (χ3v) is 8.10. The molecule has 0 amide bonds. The fraction of sp³-hybridized carbons (Fsp3) is 0.556. The third-order valence-electron chi connectivity index (χ3n) is 8.10. The molecule has 2 aromatic rings. The second-order valence-corrected chi connectivity index (χ2v) is 11.8. The molecule has 47 heavy (non-hydrogen) atoms. The van der Waals surface area contributed by atoms with Crippen LogP contribution in [0, 0.1) is 11.8 Å². The van der Waals surface area contributed by atoms with Gasteiger partial charge in [-0.1, -0.05) is 105 Å². The van der Waals surface area contributed by atoms with Crippen molar-refractivity contribution in [3.63, 3.8) is 0 Å². The number of hydrogen-bond acceptors (Lipinski definition) is 9. The maximum absolute atomic E-state index is 12.4. The number of ketones is 2. The highest BCUT2D eigenvalue weighted by Gasteiger charge is 2.44. The Kier molecular flexibility index (Phi) is 18.1. The molecule has 256 valence electrons. The maximum atomic E-state index is 12.4. The molecular formula is C36H49N3O8. The number of methoxy groups -OCH3 is 2. The smallest absolute Gasteiger partial charge is 0.309 e. The molecule has 1 saturated heterocycles. The van der Waals surface area contributed by atoms with Crippen LogP contribution in [0.5, 0.6) is 0 Å². The molecule has 6 atom stereocenters. The van der Waals surface area contributed by atoms with Crippen molar-refractivity contribution in [1.82, 2.24) is 0 Å². The van der Waals surface area contributed by atoms with E-state index in [0.717, 1.165) is 43.2 Å². The molecule has 0 radical (unpaired) electrons. The first-order chi connectivity index (χ1) is 22.7. The number of nitrogens with zero attached hydrogens (tertiary/aromatic N) is 3. The van der Waals surface area contributed by atoms with Gasteiger partial charge in [-0.15, -0.1) is 0 Å². The molecule has 0 aromatic heterocycles. The first-order valence-electron chi connectivity index (χ1n) is 16.3. The number of azide groups is 1. The summed E-state index contributed by atoms with van der Waals surface area (Å²) >= 11 is 0. The molecule has 1 fully saturated rings. The van der Waals surface area contributed by atoms with E-state index >= 15 is 0 Å². The monoisotopic (exact) mass is 651 g/mol. The second kappa shape index (κ2) is 21.7. The average molecular weight is 652 g/mol. The van der Waals surface area contributed by atoms with Crippen LogP contribution in [-0.2, 0) is 46.2 Å². The molecule has 2 aromatic carbocycles. The van der Waals surface area contributed by atoms with Crippen molar-refractivity contribution in [2.75, 3.05) is 14.2 Å². The summed E-state index contributed by atoms with van der Waals surface area (Å²) in [6.45, 7) is 4.08. The van der Waals surface area contributed by atoms with Crippen LogP contribution in [0.2, 0.25) is 0 Å². The van der Waals surface area contributed by atoms with Gasteiger partial charge in [0.1, 0.15) is 12.2 Å². The standard InChI is InChI=1S/C18H25N3O4.C18H24O4/c1-3-4-10-15(20-21-19)17(23)16(22)12-14(18(24)25-2)11-13-8-6-5-7-9-13;1-3-4-10-16-17(22-16)15(19)12-14(18(20)21-2)11-13-8-6-5-7-9-13/h5-9,14-15,17,23H,3-4,10-12H2,1-2H3;5-9,14,16-17H,3-4,10-12H2,1-2H3/t14-,15+,17+;14-,16-,17-/m11/s1. The van der Waals surface area contributed by atoms with Crippen molar-refractivity contribution >= 4 is 23.5 Å². The Morgan fingerprint density at radius 1 is 0.851 bits per heavy atom. The zero-order valence-corrected chi connectivity index (χ0v) is 28.0. The highest BCUT2D eigenvalue weighted by Crippen LogP contribution is 2.30. The fourth-order valence-corrected chi connectivity index (χ4v) is 5.35. The number of carbonyl (C=O) groups is 4. The van der Waals surface area contributed by atoms with E-state index in [1.807, 2.05) is 67.6 Å². The summed E-state index contributed by atoms with van der Waals surface area (Å²) in [4.78, 5) is 51.3. The molecule has 0 spiro atoms. The van der Waals surface area contributed by atoms with Crippen molar-refractivity contribution in [3.05, 3.63) is 82.2 Å². The van der Waals surface area contributed by atoms with Gasteiger partial charge in [-0.2, -0.15) is 0 Å². The Morgan fingerprint density at radius 2 is 1.36 bits per heavy atom. The topological polar surface area (TPSA) is 168 Å². The third kappa shape index (κ3) is 14.1. The SMILES string of the molecule is CCCC[C@H](N=[N+]=[N-])[C@H](O)C(=O)C[C@@H](Cc1ccccc1)C(=O)OC.CCCC[C@H]1O[C@@H]1C(=O)C[C@@H](Cc1ccccc1)C(=O)OC. The van der Waals surface area contributed by atoms with E-state index in [9.17, 15) is 24.3 Å². The Morgan fingerprint density at radius 3 is 1.83 bits per heavy atom. The fourth-order valence-electron chi connectivity index (χ4n) is 5.35. The molecule has 3 rings (SSSR count). The highest BCUT2D eigenvalue weighted by atomic mass is 16.6. The number of aliphatic hydroxyl groups is 1. The van der Waals surface area contributed by atoms with E-state index in [1.165, 1.54) is 14.2 Å². The number of ether oxygens (including phenoxy) is 3. The first kappa shape index (κ1) is 39.1. The van der Waals surface area contributed by atoms with Gasteiger partial charge in [0.05, 0.1) is 38.2 Å². The van der Waals surface area contributed by atoms with E-state index in [0.29, 0.717) is 19.3 Å². The molecule has 1 aliphatic rings. The summed E-state index contributed by atoms with van der Waals surface area (Å²) in [5.41, 5.74) is 10.6. The number of aliphatic hydroxyl groups excluding tert-OH is 1. The summed E-state index contributed by atoms with van der Waals surface area (Å²) in [6.07, 6.45) is 4.33. The van der Waals surface area contributed by atoms with Gasteiger partial charge >= 0.3 is 11.9 Å². The van der Waals surface area contributed by atoms with Crippen LogP contribution in [0.25, 0.3) is 10.4 Å². The van der Waals surface area contributed by atoms with Gasteiger partial charge in [0, 0.05) is 17.8 Å². The van der Waals surface area contributed by atoms with Gasteiger partial charge in [-0.3, -0.25) is 19.2 Å². The van der Waals surface area contributed by atoms with Gasteiger partial charge in [0.15, 0.2) is 11.6 Å². The molecule has 11 nitrogen and oxygen atoms in total. The van der Waals surface area contributed by atoms with Gasteiger partial charge in [0.2, 0.25) is 0 Å². The van der Waals surface area contributed by atoms with Crippen molar-refractivity contribution < 1.29 is 38.5 Å². The van der Waals surface area contributed by atoms with Crippen molar-refractivity contribution in [3.8, 4) is 0 Å². The Balaban J connectivity index is 0.000000329. The predicted octanol–water partition coefficient (Wildman–Crippen LogP) is 6.14. The van der Waals surface area contributed by atoms with Crippen LogP contribution >= 0.6 is 0 Å². The van der Waals surface area contributed by atoms with E-state index in [-0.39, 0.29) is 36.8 Å². The van der Waals surface area contributed by atoms with Crippen LogP contribution in [-0.4, -0.2) is 67.2 Å². The lowest BCUT2D eigenvalue weighted by Gasteiger charge is -2.20. The minimum absolute atomic E-state index is 0.0208. The average Bonchev–Trinajstić information content (AvgIpc) is 3.88. The molecule has 0 saturated carbocycles. The number of epoxide rings is 1. The summed E-state index contributed by atoms with van der Waals surface area (Å²) < 4.78 is 15.1. The normalized spacial score (nSPS) is 17.4. The Labute approximate surface area is 277 Å². The predicted molar refractivity (Wildman–Crippen MR) is 177 cm³/mol. The second-order valence-electron chi connectivity index (χ2n) is 11.8. The summed E-state index contributed by atoms with van der Waals surface area (Å²) in [6, 6.07) is 18.2. The van der Waals surface area contributed by atoms with Crippen LogP contribution in [0.3, 0.4) is 0 Å². The molecule has 1 heterocycles. The van der Waals surface area contributed by atoms with Gasteiger partial charge in [-0.05, 0) is 42.3 Å². The number of esters is 2. The summed E-state index contributed by atoms with van der Waals surface area (Å²) in [7, 11) is 2.63. The summed E-state index contributed by atoms with van der Waals surface area (Å²) in [5.74, 6) is -2.45. The van der Waals surface area contributed by atoms with Gasteiger partial charge in [0.25, 0.3) is 0 Å². The first-order valence-corrected chi connectivity index (χ1v) is 16.3. The number of hydrogen-bond donors (Lipinski definition) is 1. The quantitative estimate of drug-likeness (QED) is 0.0585. The minimum Gasteiger partial charge on any atom is -0.469 e. The minimum atomic E-state index is -1.41. The van der Waals surface area contributed by atoms with Gasteiger partial charge in [-0.25, -0.2) is 0 Å². The molecule has 0 unspecified atom stereocenters. The molecule has 0 bridgehead atoms. The molecule has 0 aliphatic carbocycles. The van der Waals surface area contributed by atoms with E-state index in [4.69, 9.17) is 19.7 Å². The zero-order chi connectivity index (χ0) is 34.6. The summed E-state index contributed by atoms with van der Waals surface area (Å²) in [5, 5.41) is 13.8. The molecular weight excluding hydrogens is 602 g/mol. The number of rotatable bonds is 20. The Bertz CT molecular complexity index is 1300. The van der Waals surface area contributed by atoms with Crippen molar-refractivity contribution in [2.45, 2.75) is 102 Å². The molecule has 1 N–H and O–H groups in total. The van der Waals surface area contributed by atoms with E-state index < -0.39 is 35.7 Å². The lowest BCUT2D eigenvalue weighted by molar-refractivity contribution is -0.148. The largest absolute Gasteiger partial charge is 0.469 e. The van der Waals surface area contributed by atoms with Crippen LogP contribution in [0.4, 0.5) is 0 Å². The van der Waals surface area contributed by atoms with Crippen LogP contribution < -0.4 is 0 Å². The van der Waals surface area contributed by atoms with Crippen LogP contribution in [0.15, 0.2) is 65.8 Å². The number of benzene rings is 2. The van der Waals surface area contributed by atoms with E-state index in [1.54, 1.807) is 0 Å². The highest BCUT2D eigenvalue weighted by molar-refractivity contribution is 5.90. The van der Waals surface area contributed by atoms with Gasteiger partial charge < -0.3 is 19.3 Å². The molecule has 1 aliphatic heterocycles. The van der Waals surface area contributed by atoms with E-state index in [2.05, 4.69) is 16.9 Å². The zero-order valence-electron chi connectivity index (χ0n) is 28.0. The van der Waals surface area contributed by atoms with Crippen molar-refractivity contribution in [1.29, 1.82) is 0 Å². The number of carbonyl (C=O) groups excluding carboxylic acids is 4. The lowest BCUT2D eigenvalue weighted by Crippen LogP contribution is -2.35. The number of Topliss-reactive ketones (excluding diaryl/α,β-unsaturated/α-hetero) is 2. The maximum Gasteiger partial charge on any atom is 0.309 e. The van der Waals surface area contributed by atoms with Crippen LogP contribution in [0.1, 0.15) is 76.3 Å².